The van der Waals surface area contributed by atoms with Crippen LogP contribution in [-0.2, 0) is 24.0 Å². The quantitative estimate of drug-likeness (QED) is 0.157. The summed E-state index contributed by atoms with van der Waals surface area (Å²) in [5.74, 6) is -4.59. The summed E-state index contributed by atoms with van der Waals surface area (Å²) in [6.07, 6.45) is -1.36. The second-order valence-electron chi connectivity index (χ2n) is 8.59. The minimum atomic E-state index is -1.31. The fourth-order valence-electron chi connectivity index (χ4n) is 2.79. The van der Waals surface area contributed by atoms with Crippen LogP contribution in [0.15, 0.2) is 0 Å². The van der Waals surface area contributed by atoms with Gasteiger partial charge in [-0.3, -0.25) is 19.2 Å². The van der Waals surface area contributed by atoms with E-state index in [4.69, 9.17) is 11.5 Å². The normalized spacial score (nSPS) is 15.9. The van der Waals surface area contributed by atoms with E-state index in [9.17, 15) is 34.2 Å². The van der Waals surface area contributed by atoms with Gasteiger partial charge in [-0.05, 0) is 31.6 Å². The van der Waals surface area contributed by atoms with Crippen LogP contribution < -0.4 is 27.4 Å². The molecule has 0 spiro atoms. The molecule has 0 bridgehead atoms. The molecule has 0 aromatic heterocycles. The molecule has 12 nitrogen and oxygen atoms in total. The van der Waals surface area contributed by atoms with Crippen LogP contribution in [0.3, 0.4) is 0 Å². The van der Waals surface area contributed by atoms with E-state index in [1.807, 2.05) is 13.8 Å². The van der Waals surface area contributed by atoms with Crippen molar-refractivity contribution >= 4 is 29.6 Å². The molecule has 4 amide bonds. The van der Waals surface area contributed by atoms with Crippen LogP contribution in [0.25, 0.3) is 0 Å². The van der Waals surface area contributed by atoms with E-state index >= 15 is 0 Å². The average molecular weight is 460 g/mol. The maximum absolute atomic E-state index is 12.8. The van der Waals surface area contributed by atoms with Gasteiger partial charge in [0.1, 0.15) is 24.2 Å². The molecule has 0 fully saturated rings. The van der Waals surface area contributed by atoms with Crippen LogP contribution >= 0.6 is 0 Å². The summed E-state index contributed by atoms with van der Waals surface area (Å²) in [4.78, 5) is 60.3. The smallest absolute Gasteiger partial charge is 0.326 e. The maximum Gasteiger partial charge on any atom is 0.326 e. The van der Waals surface area contributed by atoms with Crippen molar-refractivity contribution in [1.82, 2.24) is 16.0 Å². The lowest BCUT2D eigenvalue weighted by atomic mass is 9.99. The number of primary amides is 1. The number of hydrogen-bond acceptors (Lipinski definition) is 7. The lowest BCUT2D eigenvalue weighted by Gasteiger charge is -2.27. The predicted octanol–water partition coefficient (Wildman–Crippen LogP) is -1.80. The number of aliphatic hydroxyl groups excluding tert-OH is 1. The van der Waals surface area contributed by atoms with E-state index in [0.29, 0.717) is 0 Å². The van der Waals surface area contributed by atoms with Gasteiger partial charge in [-0.15, -0.1) is 0 Å². The van der Waals surface area contributed by atoms with Crippen LogP contribution in [0.4, 0.5) is 0 Å². The van der Waals surface area contributed by atoms with Gasteiger partial charge in [0.25, 0.3) is 0 Å². The molecule has 0 saturated heterocycles. The Hall–Kier alpha value is -2.73. The number of nitrogens with one attached hydrogen (secondary N) is 3. The molecule has 0 aromatic carbocycles. The van der Waals surface area contributed by atoms with Gasteiger partial charge in [-0.25, -0.2) is 4.79 Å². The van der Waals surface area contributed by atoms with Crippen LogP contribution in [0.2, 0.25) is 0 Å². The lowest BCUT2D eigenvalue weighted by molar-refractivity contribution is -0.143. The first-order chi connectivity index (χ1) is 14.7. The highest BCUT2D eigenvalue weighted by atomic mass is 16.4. The number of rotatable bonds is 14. The maximum atomic E-state index is 12.8. The van der Waals surface area contributed by atoms with Crippen molar-refractivity contribution in [1.29, 1.82) is 0 Å². The van der Waals surface area contributed by atoms with Crippen molar-refractivity contribution in [2.75, 3.05) is 0 Å². The van der Waals surface area contributed by atoms with Crippen molar-refractivity contribution in [2.45, 2.75) is 84.2 Å². The van der Waals surface area contributed by atoms with Gasteiger partial charge in [0.2, 0.25) is 23.6 Å². The second kappa shape index (κ2) is 13.6. The van der Waals surface area contributed by atoms with E-state index in [2.05, 4.69) is 16.0 Å². The Morgan fingerprint density at radius 3 is 1.78 bits per heavy atom. The van der Waals surface area contributed by atoms with Crippen LogP contribution in [-0.4, -0.2) is 70.1 Å². The Morgan fingerprint density at radius 1 is 0.844 bits per heavy atom. The molecule has 0 saturated carbocycles. The zero-order valence-corrected chi connectivity index (χ0v) is 19.3. The van der Waals surface area contributed by atoms with Gasteiger partial charge < -0.3 is 37.6 Å². The summed E-state index contributed by atoms with van der Waals surface area (Å²) in [7, 11) is 0. The molecule has 0 aliphatic carbocycles. The van der Waals surface area contributed by atoms with Gasteiger partial charge in [0.15, 0.2) is 0 Å². The van der Waals surface area contributed by atoms with Gasteiger partial charge in [-0.1, -0.05) is 27.7 Å². The average Bonchev–Trinajstić information content (AvgIpc) is 2.66. The number of amides is 4. The molecule has 32 heavy (non-hydrogen) atoms. The summed E-state index contributed by atoms with van der Waals surface area (Å²) >= 11 is 0. The number of hydrogen-bond donors (Lipinski definition) is 7. The van der Waals surface area contributed by atoms with E-state index in [0.717, 1.165) is 0 Å². The van der Waals surface area contributed by atoms with Crippen molar-refractivity contribution in [3.05, 3.63) is 0 Å². The summed E-state index contributed by atoms with van der Waals surface area (Å²) in [6, 6.07) is -4.79. The first kappa shape index (κ1) is 29.3. The molecule has 0 aliphatic rings. The molecule has 0 rings (SSSR count). The van der Waals surface area contributed by atoms with Gasteiger partial charge in [-0.2, -0.15) is 0 Å². The van der Waals surface area contributed by atoms with Crippen LogP contribution in [0, 0.1) is 11.8 Å². The Morgan fingerprint density at radius 2 is 1.38 bits per heavy atom. The first-order valence-corrected chi connectivity index (χ1v) is 10.5. The third-order valence-electron chi connectivity index (χ3n) is 4.70. The Balaban J connectivity index is 5.49. The number of aliphatic hydroxyl groups is 1. The van der Waals surface area contributed by atoms with Crippen molar-refractivity contribution in [2.24, 2.45) is 23.3 Å². The van der Waals surface area contributed by atoms with Crippen molar-refractivity contribution in [3.8, 4) is 0 Å². The Kier molecular flexibility index (Phi) is 12.5. The highest BCUT2D eigenvalue weighted by molar-refractivity contribution is 5.94. The standard InChI is InChI=1S/C20H37N5O7/c1-9(2)8-13(20(31)32)24-19(30)16(10(3)4)25-17(28)12(6-7-14(21)27)23-18(29)15(22)11(5)26/h9-13,15-16,26H,6-8,22H2,1-5H3,(H2,21,27)(H,23,29)(H,24,30)(H,25,28)(H,31,32). The van der Waals surface area contributed by atoms with Crippen LogP contribution in [0.1, 0.15) is 53.9 Å². The van der Waals surface area contributed by atoms with E-state index in [1.165, 1.54) is 6.92 Å². The Bertz CT molecular complexity index is 681. The molecular formula is C20H37N5O7. The third-order valence-corrected chi connectivity index (χ3v) is 4.70. The highest BCUT2D eigenvalue weighted by Gasteiger charge is 2.32. The number of carbonyl (C=O) groups excluding carboxylic acids is 4. The number of nitrogens with two attached hydrogens (primary N) is 2. The minimum Gasteiger partial charge on any atom is -0.480 e. The molecule has 184 valence electrons. The van der Waals surface area contributed by atoms with Gasteiger partial charge in [0, 0.05) is 6.42 Å². The number of aliphatic carboxylic acids is 1. The zero-order valence-electron chi connectivity index (χ0n) is 19.3. The molecule has 0 aromatic rings. The predicted molar refractivity (Wildman–Crippen MR) is 116 cm³/mol. The van der Waals surface area contributed by atoms with Crippen molar-refractivity contribution < 1.29 is 34.2 Å². The fourth-order valence-corrected chi connectivity index (χ4v) is 2.79. The molecule has 12 heteroatoms. The summed E-state index contributed by atoms with van der Waals surface area (Å²) < 4.78 is 0. The second-order valence-corrected chi connectivity index (χ2v) is 8.59. The van der Waals surface area contributed by atoms with Crippen LogP contribution in [0.5, 0.6) is 0 Å². The summed E-state index contributed by atoms with van der Waals surface area (Å²) in [6.45, 7) is 8.24. The number of carbonyl (C=O) groups is 5. The monoisotopic (exact) mass is 459 g/mol. The van der Waals surface area contributed by atoms with E-state index < -0.39 is 65.8 Å². The molecule has 0 aliphatic heterocycles. The SMILES string of the molecule is CC(C)CC(NC(=O)C(NC(=O)C(CCC(N)=O)NC(=O)C(N)C(C)O)C(C)C)C(=O)O. The van der Waals surface area contributed by atoms with Gasteiger partial charge in [0.05, 0.1) is 6.10 Å². The fraction of sp³-hybridized carbons (Fsp3) is 0.750. The van der Waals surface area contributed by atoms with Crippen molar-refractivity contribution in [3.63, 3.8) is 0 Å². The topological polar surface area (TPSA) is 214 Å². The molecular weight excluding hydrogens is 422 g/mol. The number of carboxylic acid groups (broad SMARTS) is 1. The third kappa shape index (κ3) is 10.5. The molecule has 0 heterocycles. The molecule has 9 N–H and O–H groups in total. The lowest BCUT2D eigenvalue weighted by Crippen LogP contribution is -2.59. The number of carboxylic acids is 1. The van der Waals surface area contributed by atoms with Gasteiger partial charge >= 0.3 is 5.97 Å². The summed E-state index contributed by atoms with van der Waals surface area (Å²) in [5.41, 5.74) is 10.7. The van der Waals surface area contributed by atoms with E-state index in [-0.39, 0.29) is 25.2 Å². The Labute approximate surface area is 187 Å². The molecule has 5 unspecified atom stereocenters. The molecule has 0 radical (unpaired) electrons. The first-order valence-electron chi connectivity index (χ1n) is 10.5. The summed E-state index contributed by atoms with van der Waals surface area (Å²) in [5, 5.41) is 26.1. The highest BCUT2D eigenvalue weighted by Crippen LogP contribution is 2.09. The minimum absolute atomic E-state index is 0.00927. The molecule has 5 atom stereocenters. The largest absolute Gasteiger partial charge is 0.480 e. The zero-order chi connectivity index (χ0) is 25.2. The van der Waals surface area contributed by atoms with E-state index in [1.54, 1.807) is 13.8 Å².